The molecule has 3 atom stereocenters. The van der Waals surface area contributed by atoms with Crippen molar-refractivity contribution < 1.29 is 0 Å². The van der Waals surface area contributed by atoms with Gasteiger partial charge in [-0.05, 0) is 44.2 Å². The van der Waals surface area contributed by atoms with Crippen LogP contribution in [0.5, 0.6) is 0 Å². The molecule has 3 heteroatoms. The minimum Gasteiger partial charge on any atom is -0.328 e. The predicted octanol–water partition coefficient (Wildman–Crippen LogP) is 3.75. The van der Waals surface area contributed by atoms with Crippen LogP contribution in [0.15, 0.2) is 24.3 Å². The predicted molar refractivity (Wildman–Crippen MR) is 80.3 cm³/mol. The minimum absolute atomic E-state index is 0.394. The second kappa shape index (κ2) is 5.43. The lowest BCUT2D eigenvalue weighted by Crippen LogP contribution is -2.55. The van der Waals surface area contributed by atoms with Gasteiger partial charge in [-0.25, -0.2) is 0 Å². The summed E-state index contributed by atoms with van der Waals surface area (Å²) < 4.78 is 0. The second-order valence-corrected chi connectivity index (χ2v) is 6.52. The molecule has 2 heterocycles. The molecule has 2 bridgehead atoms. The van der Waals surface area contributed by atoms with Gasteiger partial charge in [0.1, 0.15) is 0 Å². The Bertz CT molecular complexity index is 434. The quantitative estimate of drug-likeness (QED) is 0.893. The van der Waals surface area contributed by atoms with E-state index >= 15 is 0 Å². The Labute approximate surface area is 120 Å². The Hall–Kier alpha value is -0.570. The fourth-order valence-electron chi connectivity index (χ4n) is 4.07. The lowest BCUT2D eigenvalue weighted by Gasteiger charge is -2.51. The number of nitrogens with zero attached hydrogens (tertiary/aromatic N) is 1. The molecule has 3 rings (SSSR count). The summed E-state index contributed by atoms with van der Waals surface area (Å²) >= 11 is 6.37. The Kier molecular flexibility index (Phi) is 3.84. The molecule has 1 aromatic rings. The lowest BCUT2D eigenvalue weighted by molar-refractivity contribution is -0.000478. The monoisotopic (exact) mass is 278 g/mol. The van der Waals surface area contributed by atoms with Gasteiger partial charge in [0.2, 0.25) is 0 Å². The van der Waals surface area contributed by atoms with Crippen molar-refractivity contribution in [3.63, 3.8) is 0 Å². The number of halogens is 1. The van der Waals surface area contributed by atoms with Crippen LogP contribution in [-0.4, -0.2) is 23.0 Å². The average molecular weight is 279 g/mol. The second-order valence-electron chi connectivity index (χ2n) is 6.11. The van der Waals surface area contributed by atoms with Crippen molar-refractivity contribution in [2.75, 3.05) is 0 Å². The minimum atomic E-state index is 0.394. The first-order valence-corrected chi connectivity index (χ1v) is 7.82. The molecule has 1 aromatic carbocycles. The van der Waals surface area contributed by atoms with E-state index in [2.05, 4.69) is 24.0 Å². The van der Waals surface area contributed by atoms with Gasteiger partial charge in [-0.2, -0.15) is 0 Å². The van der Waals surface area contributed by atoms with Gasteiger partial charge >= 0.3 is 0 Å². The van der Waals surface area contributed by atoms with E-state index in [1.165, 1.54) is 24.8 Å². The topological polar surface area (TPSA) is 29.3 Å². The molecule has 0 spiro atoms. The van der Waals surface area contributed by atoms with E-state index in [-0.39, 0.29) is 0 Å². The summed E-state index contributed by atoms with van der Waals surface area (Å²) in [7, 11) is 0. The summed E-state index contributed by atoms with van der Waals surface area (Å²) in [5.74, 6) is 0. The molecule has 104 valence electrons. The maximum absolute atomic E-state index is 6.37. The molecule has 0 aromatic heterocycles. The van der Waals surface area contributed by atoms with Gasteiger partial charge in [0, 0.05) is 29.2 Å². The first-order valence-electron chi connectivity index (χ1n) is 7.44. The van der Waals surface area contributed by atoms with E-state index in [0.29, 0.717) is 24.2 Å². The van der Waals surface area contributed by atoms with Crippen LogP contribution in [0.3, 0.4) is 0 Å². The molecular formula is C16H23ClN2. The van der Waals surface area contributed by atoms with E-state index in [9.17, 15) is 0 Å². The molecule has 19 heavy (non-hydrogen) atoms. The van der Waals surface area contributed by atoms with E-state index in [1.54, 1.807) is 0 Å². The first kappa shape index (κ1) is 13.4. The van der Waals surface area contributed by atoms with E-state index < -0.39 is 0 Å². The van der Waals surface area contributed by atoms with Crippen LogP contribution in [0.2, 0.25) is 5.02 Å². The SMILES string of the molecule is CC(c1ccccc1Cl)N1C2CCCC1CC(N)C2. The van der Waals surface area contributed by atoms with Gasteiger partial charge in [0.25, 0.3) is 0 Å². The third-order valence-electron chi connectivity index (χ3n) is 4.87. The highest BCUT2D eigenvalue weighted by Gasteiger charge is 2.39. The Balaban J connectivity index is 1.87. The van der Waals surface area contributed by atoms with Crippen LogP contribution >= 0.6 is 11.6 Å². The zero-order chi connectivity index (χ0) is 13.4. The maximum Gasteiger partial charge on any atom is 0.0453 e. The molecule has 0 amide bonds. The molecular weight excluding hydrogens is 256 g/mol. The van der Waals surface area contributed by atoms with E-state index in [0.717, 1.165) is 17.9 Å². The summed E-state index contributed by atoms with van der Waals surface area (Å²) in [4.78, 5) is 2.69. The van der Waals surface area contributed by atoms with Gasteiger partial charge in [0.05, 0.1) is 0 Å². The maximum atomic E-state index is 6.37. The molecule has 0 saturated carbocycles. The van der Waals surface area contributed by atoms with Crippen LogP contribution < -0.4 is 5.73 Å². The average Bonchev–Trinajstić information content (AvgIpc) is 2.37. The van der Waals surface area contributed by atoms with Gasteiger partial charge in [-0.1, -0.05) is 36.2 Å². The van der Waals surface area contributed by atoms with Crippen molar-refractivity contribution in [2.45, 2.75) is 63.2 Å². The number of fused-ring (bicyclic) bond motifs is 2. The van der Waals surface area contributed by atoms with Gasteiger partial charge < -0.3 is 5.73 Å². The van der Waals surface area contributed by atoms with Crippen LogP contribution in [0.1, 0.15) is 50.6 Å². The summed E-state index contributed by atoms with van der Waals surface area (Å²) in [6, 6.07) is 10.3. The fraction of sp³-hybridized carbons (Fsp3) is 0.625. The molecule has 0 aliphatic carbocycles. The summed E-state index contributed by atoms with van der Waals surface area (Å²) in [6.45, 7) is 2.30. The zero-order valence-electron chi connectivity index (χ0n) is 11.6. The molecule has 2 fully saturated rings. The van der Waals surface area contributed by atoms with Crippen LogP contribution in [0.25, 0.3) is 0 Å². The Morgan fingerprint density at radius 2 is 1.84 bits per heavy atom. The Morgan fingerprint density at radius 3 is 2.47 bits per heavy atom. The van der Waals surface area contributed by atoms with Crippen molar-refractivity contribution in [3.05, 3.63) is 34.9 Å². The summed E-state index contributed by atoms with van der Waals surface area (Å²) in [6.07, 6.45) is 6.22. The summed E-state index contributed by atoms with van der Waals surface area (Å²) in [5.41, 5.74) is 7.46. The van der Waals surface area contributed by atoms with Crippen molar-refractivity contribution in [1.82, 2.24) is 4.90 Å². The van der Waals surface area contributed by atoms with Crippen LogP contribution in [0, 0.1) is 0 Å². The number of hydrogen-bond donors (Lipinski definition) is 1. The third kappa shape index (κ3) is 2.54. The van der Waals surface area contributed by atoms with Crippen molar-refractivity contribution in [3.8, 4) is 0 Å². The highest BCUT2D eigenvalue weighted by Crippen LogP contribution is 2.40. The molecule has 2 aliphatic rings. The Morgan fingerprint density at radius 1 is 1.21 bits per heavy atom. The van der Waals surface area contributed by atoms with Gasteiger partial charge in [0.15, 0.2) is 0 Å². The van der Waals surface area contributed by atoms with E-state index in [4.69, 9.17) is 17.3 Å². The molecule has 2 nitrogen and oxygen atoms in total. The van der Waals surface area contributed by atoms with Crippen molar-refractivity contribution in [1.29, 1.82) is 0 Å². The van der Waals surface area contributed by atoms with Crippen molar-refractivity contribution >= 4 is 11.6 Å². The largest absolute Gasteiger partial charge is 0.328 e. The van der Waals surface area contributed by atoms with Gasteiger partial charge in [-0.3, -0.25) is 4.90 Å². The van der Waals surface area contributed by atoms with Crippen LogP contribution in [0.4, 0.5) is 0 Å². The molecule has 2 saturated heterocycles. The van der Waals surface area contributed by atoms with Gasteiger partial charge in [-0.15, -0.1) is 0 Å². The number of benzene rings is 1. The third-order valence-corrected chi connectivity index (χ3v) is 5.21. The highest BCUT2D eigenvalue weighted by molar-refractivity contribution is 6.31. The molecule has 3 unspecified atom stereocenters. The number of rotatable bonds is 2. The lowest BCUT2D eigenvalue weighted by atomic mass is 9.80. The molecule has 2 N–H and O–H groups in total. The van der Waals surface area contributed by atoms with E-state index in [1.807, 2.05) is 12.1 Å². The number of piperidine rings is 2. The normalized spacial score (nSPS) is 33.1. The van der Waals surface area contributed by atoms with Crippen molar-refractivity contribution in [2.24, 2.45) is 5.73 Å². The number of hydrogen-bond acceptors (Lipinski definition) is 2. The fourth-order valence-corrected chi connectivity index (χ4v) is 4.36. The zero-order valence-corrected chi connectivity index (χ0v) is 12.3. The smallest absolute Gasteiger partial charge is 0.0453 e. The number of nitrogens with two attached hydrogens (primary N) is 1. The highest BCUT2D eigenvalue weighted by atomic mass is 35.5. The standard InChI is InChI=1S/C16H23ClN2/c1-11(15-7-2-3-8-16(15)17)19-13-5-4-6-14(19)10-12(18)9-13/h2-3,7-8,11-14H,4-6,9-10,18H2,1H3. The molecule has 0 radical (unpaired) electrons. The van der Waals surface area contributed by atoms with Crippen LogP contribution in [-0.2, 0) is 0 Å². The summed E-state index contributed by atoms with van der Waals surface area (Å²) in [5, 5.41) is 0.892. The first-order chi connectivity index (χ1) is 9.16. The molecule has 2 aliphatic heterocycles.